The van der Waals surface area contributed by atoms with Gasteiger partial charge in [-0.2, -0.15) is 0 Å². The summed E-state index contributed by atoms with van der Waals surface area (Å²) >= 11 is 0. The van der Waals surface area contributed by atoms with Gasteiger partial charge < -0.3 is 9.64 Å². The molecule has 0 fully saturated rings. The molecule has 0 aliphatic rings. The van der Waals surface area contributed by atoms with E-state index in [4.69, 9.17) is 4.74 Å². The molecule has 0 heterocycles. The maximum atomic E-state index is 11.6. The molecule has 0 unspecified atom stereocenters. The predicted octanol–water partition coefficient (Wildman–Crippen LogP) is 3.21. The molecule has 146 valence electrons. The molecule has 0 N–H and O–H groups in total. The summed E-state index contributed by atoms with van der Waals surface area (Å²) in [5.74, 6) is 0.523. The summed E-state index contributed by atoms with van der Waals surface area (Å²) in [6.45, 7) is 3.57. The maximum absolute atomic E-state index is 11.6. The molecule has 0 atom stereocenters. The zero-order valence-electron chi connectivity index (χ0n) is 15.7. The van der Waals surface area contributed by atoms with Gasteiger partial charge >= 0.3 is 0 Å². The fourth-order valence-corrected chi connectivity index (χ4v) is 3.38. The molecule has 0 spiro atoms. The summed E-state index contributed by atoms with van der Waals surface area (Å²) in [6, 6.07) is 11.5. The van der Waals surface area contributed by atoms with E-state index in [-0.39, 0.29) is 15.5 Å². The Balaban J connectivity index is 1.84. The van der Waals surface area contributed by atoms with Crippen molar-refractivity contribution in [3.05, 3.63) is 63.7 Å². The van der Waals surface area contributed by atoms with E-state index in [1.165, 1.54) is 18.2 Å². The summed E-state index contributed by atoms with van der Waals surface area (Å²) in [6.07, 6.45) is 1.91. The molecule has 8 heteroatoms. The Morgan fingerprint density at radius 3 is 2.56 bits per heavy atom. The normalized spacial score (nSPS) is 11.6. The number of hydrogen-bond acceptors (Lipinski definition) is 6. The van der Waals surface area contributed by atoms with Gasteiger partial charge in [0, 0.05) is 31.0 Å². The Morgan fingerprint density at radius 2 is 1.89 bits per heavy atom. The number of sulfone groups is 1. The van der Waals surface area contributed by atoms with Crippen LogP contribution in [0.4, 0.5) is 5.69 Å². The molecule has 27 heavy (non-hydrogen) atoms. The first-order valence-corrected chi connectivity index (χ1v) is 10.4. The monoisotopic (exact) mass is 392 g/mol. The van der Waals surface area contributed by atoms with Crippen molar-refractivity contribution < 1.29 is 18.1 Å². The topological polar surface area (TPSA) is 89.8 Å². The Kier molecular flexibility index (Phi) is 6.92. The average molecular weight is 392 g/mol. The molecule has 0 amide bonds. The summed E-state index contributed by atoms with van der Waals surface area (Å²) in [5.41, 5.74) is 1.74. The molecule has 0 radical (unpaired) electrons. The lowest BCUT2D eigenvalue weighted by molar-refractivity contribution is -0.385. The minimum Gasteiger partial charge on any atom is -0.494 e. The first kappa shape index (κ1) is 20.9. The third-order valence-corrected chi connectivity index (χ3v) is 5.35. The number of ether oxygens (including phenoxy) is 1. The molecule has 0 saturated heterocycles. The van der Waals surface area contributed by atoms with Crippen LogP contribution >= 0.6 is 0 Å². The number of hydrogen-bond donors (Lipinski definition) is 0. The third-order valence-electron chi connectivity index (χ3n) is 4.24. The van der Waals surface area contributed by atoms with Crippen molar-refractivity contribution in [2.45, 2.75) is 24.8 Å². The van der Waals surface area contributed by atoms with Gasteiger partial charge in [-0.05, 0) is 44.2 Å². The van der Waals surface area contributed by atoms with Crippen LogP contribution in [0, 0.1) is 17.0 Å². The first-order chi connectivity index (χ1) is 12.7. The van der Waals surface area contributed by atoms with Crippen molar-refractivity contribution >= 4 is 15.5 Å². The molecule has 0 aliphatic carbocycles. The highest BCUT2D eigenvalue weighted by molar-refractivity contribution is 7.90. The van der Waals surface area contributed by atoms with Gasteiger partial charge in [0.2, 0.25) is 0 Å². The van der Waals surface area contributed by atoms with Crippen LogP contribution in [0.2, 0.25) is 0 Å². The van der Waals surface area contributed by atoms with Crippen LogP contribution in [-0.2, 0) is 16.4 Å². The van der Waals surface area contributed by atoms with E-state index in [1.807, 2.05) is 13.1 Å². The second kappa shape index (κ2) is 8.96. The van der Waals surface area contributed by atoms with Crippen LogP contribution in [0.25, 0.3) is 0 Å². The van der Waals surface area contributed by atoms with Gasteiger partial charge in [-0.15, -0.1) is 0 Å². The molecule has 0 saturated carbocycles. The average Bonchev–Trinajstić information content (AvgIpc) is 2.60. The van der Waals surface area contributed by atoms with Crippen LogP contribution in [0.15, 0.2) is 47.4 Å². The Labute approximate surface area is 159 Å². The number of nitro benzene ring substituents is 1. The minimum atomic E-state index is -3.25. The van der Waals surface area contributed by atoms with Gasteiger partial charge in [0.05, 0.1) is 16.4 Å². The van der Waals surface area contributed by atoms with E-state index < -0.39 is 9.84 Å². The molecule has 7 nitrogen and oxygen atoms in total. The third kappa shape index (κ3) is 6.04. The van der Waals surface area contributed by atoms with Crippen LogP contribution in [0.1, 0.15) is 17.5 Å². The number of benzene rings is 2. The van der Waals surface area contributed by atoms with Crippen molar-refractivity contribution in [1.29, 1.82) is 0 Å². The molecular weight excluding hydrogens is 368 g/mol. The Hall–Kier alpha value is -2.45. The second-order valence-corrected chi connectivity index (χ2v) is 8.52. The largest absolute Gasteiger partial charge is 0.494 e. The van der Waals surface area contributed by atoms with Gasteiger partial charge in [-0.25, -0.2) is 8.42 Å². The number of nitro groups is 1. The van der Waals surface area contributed by atoms with E-state index in [9.17, 15) is 18.5 Å². The zero-order valence-corrected chi connectivity index (χ0v) is 16.5. The van der Waals surface area contributed by atoms with Gasteiger partial charge in [0.15, 0.2) is 9.84 Å². The summed E-state index contributed by atoms with van der Waals surface area (Å²) < 4.78 is 28.8. The predicted molar refractivity (Wildman–Crippen MR) is 104 cm³/mol. The van der Waals surface area contributed by atoms with Gasteiger partial charge in [0.1, 0.15) is 5.75 Å². The molecule has 0 aromatic heterocycles. The van der Waals surface area contributed by atoms with E-state index in [1.54, 1.807) is 25.1 Å². The Morgan fingerprint density at radius 1 is 1.19 bits per heavy atom. The fraction of sp³-hybridized carbons (Fsp3) is 0.368. The zero-order chi connectivity index (χ0) is 20.0. The van der Waals surface area contributed by atoms with Crippen molar-refractivity contribution in [1.82, 2.24) is 4.90 Å². The lowest BCUT2D eigenvalue weighted by Gasteiger charge is -2.18. The van der Waals surface area contributed by atoms with E-state index in [0.717, 1.165) is 24.8 Å². The summed E-state index contributed by atoms with van der Waals surface area (Å²) in [4.78, 5) is 13.0. The Bertz CT molecular complexity index is 912. The minimum absolute atomic E-state index is 0.134. The smallest absolute Gasteiger partial charge is 0.272 e. The highest BCUT2D eigenvalue weighted by Gasteiger charge is 2.14. The van der Waals surface area contributed by atoms with E-state index >= 15 is 0 Å². The lowest BCUT2D eigenvalue weighted by Crippen LogP contribution is -2.21. The van der Waals surface area contributed by atoms with Crippen LogP contribution in [0.3, 0.4) is 0 Å². The molecule has 2 aromatic carbocycles. The standard InChI is InChI=1S/C19H24N2O5S/c1-15-16(7-4-10-19(15)21(22)23)14-20(2)11-6-12-26-17-8-5-9-18(13-17)27(3,24)25/h4-5,7-10,13H,6,11-12,14H2,1-3H3. The van der Waals surface area contributed by atoms with Crippen molar-refractivity contribution in [3.8, 4) is 5.75 Å². The number of rotatable bonds is 9. The highest BCUT2D eigenvalue weighted by Crippen LogP contribution is 2.22. The molecule has 0 aliphatic heterocycles. The van der Waals surface area contributed by atoms with E-state index in [2.05, 4.69) is 4.90 Å². The van der Waals surface area contributed by atoms with Crippen molar-refractivity contribution in [2.24, 2.45) is 0 Å². The van der Waals surface area contributed by atoms with Crippen molar-refractivity contribution in [3.63, 3.8) is 0 Å². The highest BCUT2D eigenvalue weighted by atomic mass is 32.2. The summed E-state index contributed by atoms with van der Waals surface area (Å²) in [5, 5.41) is 11.0. The molecule has 0 bridgehead atoms. The van der Waals surface area contributed by atoms with Crippen molar-refractivity contribution in [2.75, 3.05) is 26.5 Å². The van der Waals surface area contributed by atoms with Crippen LogP contribution in [-0.4, -0.2) is 44.7 Å². The quantitative estimate of drug-likeness (QED) is 0.370. The SMILES string of the molecule is Cc1c(CN(C)CCCOc2cccc(S(C)(=O)=O)c2)cccc1[N+](=O)[O-]. The molecule has 2 rings (SSSR count). The van der Waals surface area contributed by atoms with Gasteiger partial charge in [0.25, 0.3) is 5.69 Å². The molecular formula is C19H24N2O5S. The summed E-state index contributed by atoms with van der Waals surface area (Å²) in [7, 11) is -1.31. The molecule has 2 aromatic rings. The van der Waals surface area contributed by atoms with E-state index in [0.29, 0.717) is 24.5 Å². The number of nitrogens with zero attached hydrogens (tertiary/aromatic N) is 2. The first-order valence-electron chi connectivity index (χ1n) is 8.53. The fourth-order valence-electron chi connectivity index (χ4n) is 2.73. The van der Waals surface area contributed by atoms with Gasteiger partial charge in [-0.1, -0.05) is 18.2 Å². The lowest BCUT2D eigenvalue weighted by atomic mass is 10.1. The van der Waals surface area contributed by atoms with Crippen LogP contribution in [0.5, 0.6) is 5.75 Å². The van der Waals surface area contributed by atoms with Crippen LogP contribution < -0.4 is 4.74 Å². The van der Waals surface area contributed by atoms with Gasteiger partial charge in [-0.3, -0.25) is 10.1 Å². The second-order valence-electron chi connectivity index (χ2n) is 6.51. The maximum Gasteiger partial charge on any atom is 0.272 e.